The third kappa shape index (κ3) is 3.22. The van der Waals surface area contributed by atoms with Crippen LogP contribution in [0.3, 0.4) is 0 Å². The lowest BCUT2D eigenvalue weighted by atomic mass is 9.83. The summed E-state index contributed by atoms with van der Waals surface area (Å²) < 4.78 is 0. The SMILES string of the molecule is CCC(C)N1/C(=C/C=C2C(=O)c3ccccc3C2=O)C(C)(C)c2c(-c3ccccn3)sc(C)c21. The van der Waals surface area contributed by atoms with Crippen molar-refractivity contribution in [1.82, 2.24) is 4.98 Å². The molecule has 2 aliphatic rings. The summed E-state index contributed by atoms with van der Waals surface area (Å²) >= 11 is 1.79. The van der Waals surface area contributed by atoms with Crippen LogP contribution >= 0.6 is 11.3 Å². The normalized spacial score (nSPS) is 18.4. The zero-order valence-electron chi connectivity index (χ0n) is 20.2. The Kier molecular flexibility index (Phi) is 5.40. The molecule has 1 aliphatic heterocycles. The van der Waals surface area contributed by atoms with Gasteiger partial charge in [-0.1, -0.05) is 51.1 Å². The molecule has 1 unspecified atom stereocenters. The Morgan fingerprint density at radius 2 is 1.68 bits per heavy atom. The van der Waals surface area contributed by atoms with Gasteiger partial charge in [-0.2, -0.15) is 0 Å². The summed E-state index contributed by atoms with van der Waals surface area (Å²) in [5.41, 5.74) is 5.50. The summed E-state index contributed by atoms with van der Waals surface area (Å²) in [6, 6.07) is 13.3. The van der Waals surface area contributed by atoms with Crippen molar-refractivity contribution in [2.45, 2.75) is 52.5 Å². The maximum absolute atomic E-state index is 13.0. The number of carbonyl (C=O) groups is 2. The molecule has 4 nitrogen and oxygen atoms in total. The van der Waals surface area contributed by atoms with Gasteiger partial charge in [0.1, 0.15) is 0 Å². The number of fused-ring (bicyclic) bond motifs is 2. The van der Waals surface area contributed by atoms with Crippen molar-refractivity contribution in [3.05, 3.63) is 93.7 Å². The van der Waals surface area contributed by atoms with E-state index < -0.39 is 0 Å². The predicted molar refractivity (Wildman–Crippen MR) is 139 cm³/mol. The molecule has 3 aromatic rings. The van der Waals surface area contributed by atoms with Crippen LogP contribution < -0.4 is 4.90 Å². The highest BCUT2D eigenvalue weighted by Gasteiger charge is 2.46. The first-order valence-corrected chi connectivity index (χ1v) is 12.5. The van der Waals surface area contributed by atoms with Crippen LogP contribution in [0.25, 0.3) is 10.6 Å². The third-order valence-corrected chi connectivity index (χ3v) is 8.18. The lowest BCUT2D eigenvalue weighted by Crippen LogP contribution is -2.33. The van der Waals surface area contributed by atoms with Crippen LogP contribution in [0, 0.1) is 6.92 Å². The number of hydrogen-bond acceptors (Lipinski definition) is 5. The largest absolute Gasteiger partial charge is 0.340 e. The Labute approximate surface area is 204 Å². The molecule has 0 saturated heterocycles. The molecule has 172 valence electrons. The number of aryl methyl sites for hydroxylation is 1. The highest BCUT2D eigenvalue weighted by molar-refractivity contribution is 7.16. The Morgan fingerprint density at radius 3 is 2.26 bits per heavy atom. The molecule has 0 N–H and O–H groups in total. The molecule has 3 heterocycles. The van der Waals surface area contributed by atoms with Gasteiger partial charge in [0.2, 0.25) is 0 Å². The lowest BCUT2D eigenvalue weighted by molar-refractivity contribution is 0.0988. The molecule has 5 rings (SSSR count). The molecule has 0 spiro atoms. The molecule has 0 amide bonds. The van der Waals surface area contributed by atoms with Crippen LogP contribution in [0.4, 0.5) is 5.69 Å². The molecule has 0 radical (unpaired) electrons. The van der Waals surface area contributed by atoms with Gasteiger partial charge >= 0.3 is 0 Å². The average Bonchev–Trinajstić information content (AvgIpc) is 3.40. The predicted octanol–water partition coefficient (Wildman–Crippen LogP) is 6.90. The number of benzene rings is 1. The van der Waals surface area contributed by atoms with Gasteiger partial charge < -0.3 is 4.90 Å². The molecule has 0 saturated carbocycles. The van der Waals surface area contributed by atoms with Gasteiger partial charge in [-0.3, -0.25) is 14.6 Å². The summed E-state index contributed by atoms with van der Waals surface area (Å²) in [6.07, 6.45) is 6.54. The van der Waals surface area contributed by atoms with Gasteiger partial charge in [-0.15, -0.1) is 11.3 Å². The van der Waals surface area contributed by atoms with E-state index in [0.29, 0.717) is 11.1 Å². The highest BCUT2D eigenvalue weighted by atomic mass is 32.1. The maximum Gasteiger partial charge on any atom is 0.197 e. The number of Topliss-reactive ketones (excluding diaryl/α,β-unsaturated/α-hetero) is 2. The van der Waals surface area contributed by atoms with Gasteiger partial charge in [0.05, 0.1) is 21.8 Å². The van der Waals surface area contributed by atoms with Crippen molar-refractivity contribution < 1.29 is 9.59 Å². The highest BCUT2D eigenvalue weighted by Crippen LogP contribution is 2.57. The lowest BCUT2D eigenvalue weighted by Gasteiger charge is -2.32. The van der Waals surface area contributed by atoms with E-state index in [0.717, 1.165) is 17.8 Å². The first-order chi connectivity index (χ1) is 16.3. The molecule has 0 bridgehead atoms. The fourth-order valence-corrected chi connectivity index (χ4v) is 6.43. The summed E-state index contributed by atoms with van der Waals surface area (Å²) in [4.78, 5) is 35.4. The monoisotopic (exact) mass is 468 g/mol. The second-order valence-electron chi connectivity index (χ2n) is 9.51. The number of pyridine rings is 1. The number of carbonyl (C=O) groups excluding carboxylic acids is 2. The summed E-state index contributed by atoms with van der Waals surface area (Å²) in [7, 11) is 0. The Bertz CT molecular complexity index is 1340. The minimum atomic E-state index is -0.314. The van der Waals surface area contributed by atoms with Crippen LogP contribution in [0.1, 0.15) is 65.3 Å². The molecule has 1 atom stereocenters. The topological polar surface area (TPSA) is 50.3 Å². The summed E-state index contributed by atoms with van der Waals surface area (Å²) in [5.74, 6) is -0.384. The number of nitrogens with zero attached hydrogens (tertiary/aromatic N) is 2. The van der Waals surface area contributed by atoms with Crippen LogP contribution in [-0.2, 0) is 5.41 Å². The van der Waals surface area contributed by atoms with Gasteiger partial charge in [0, 0.05) is 44.9 Å². The van der Waals surface area contributed by atoms with Gasteiger partial charge in [0.25, 0.3) is 0 Å². The number of hydrogen-bond donors (Lipinski definition) is 0. The van der Waals surface area contributed by atoms with Crippen molar-refractivity contribution in [3.63, 3.8) is 0 Å². The molecular formula is C29H28N2O2S. The molecule has 1 aliphatic carbocycles. The number of allylic oxidation sites excluding steroid dienone is 4. The van der Waals surface area contributed by atoms with Crippen molar-refractivity contribution in [2.24, 2.45) is 0 Å². The molecule has 1 aromatic carbocycles. The van der Waals surface area contributed by atoms with Crippen LogP contribution in [0.5, 0.6) is 0 Å². The van der Waals surface area contributed by atoms with E-state index in [2.05, 4.69) is 50.6 Å². The molecule has 0 fully saturated rings. The van der Waals surface area contributed by atoms with Crippen molar-refractivity contribution >= 4 is 28.6 Å². The molecule has 2 aromatic heterocycles. The number of anilines is 1. The zero-order chi connectivity index (χ0) is 24.2. The maximum atomic E-state index is 13.0. The van der Waals surface area contributed by atoms with Crippen molar-refractivity contribution in [3.8, 4) is 10.6 Å². The first-order valence-electron chi connectivity index (χ1n) is 11.7. The van der Waals surface area contributed by atoms with Crippen LogP contribution in [0.15, 0.2) is 72.1 Å². The van der Waals surface area contributed by atoms with E-state index in [4.69, 9.17) is 0 Å². The van der Waals surface area contributed by atoms with E-state index in [-0.39, 0.29) is 28.6 Å². The van der Waals surface area contributed by atoms with E-state index in [9.17, 15) is 9.59 Å². The summed E-state index contributed by atoms with van der Waals surface area (Å²) in [6.45, 7) is 11.0. The van der Waals surface area contributed by atoms with Crippen molar-refractivity contribution in [2.75, 3.05) is 4.90 Å². The van der Waals surface area contributed by atoms with E-state index in [1.165, 1.54) is 21.0 Å². The second kappa shape index (κ2) is 8.17. The van der Waals surface area contributed by atoms with Gasteiger partial charge in [-0.25, -0.2) is 0 Å². The fourth-order valence-electron chi connectivity index (χ4n) is 5.15. The zero-order valence-corrected chi connectivity index (χ0v) is 21.0. The van der Waals surface area contributed by atoms with Gasteiger partial charge in [0.15, 0.2) is 11.6 Å². The molecule has 34 heavy (non-hydrogen) atoms. The number of ketones is 2. The smallest absolute Gasteiger partial charge is 0.197 e. The Hall–Kier alpha value is -3.31. The van der Waals surface area contributed by atoms with E-state index in [1.807, 2.05) is 24.4 Å². The van der Waals surface area contributed by atoms with E-state index in [1.54, 1.807) is 41.7 Å². The van der Waals surface area contributed by atoms with E-state index >= 15 is 0 Å². The second-order valence-corrected chi connectivity index (χ2v) is 10.7. The van der Waals surface area contributed by atoms with Crippen molar-refractivity contribution in [1.29, 1.82) is 0 Å². The number of thiophene rings is 1. The third-order valence-electron chi connectivity index (χ3n) is 7.06. The Morgan fingerprint density at radius 1 is 1.03 bits per heavy atom. The van der Waals surface area contributed by atoms with Crippen LogP contribution in [0.2, 0.25) is 0 Å². The number of aromatic nitrogens is 1. The Balaban J connectivity index is 1.67. The number of rotatable bonds is 4. The fraction of sp³-hybridized carbons (Fsp3) is 0.276. The quantitative estimate of drug-likeness (QED) is 0.309. The molecular weight excluding hydrogens is 440 g/mol. The molecule has 5 heteroatoms. The standard InChI is InChI=1S/C29H28N2O2S/c1-6-17(2)31-23(15-14-21-26(32)19-11-7-8-12-20(19)27(21)33)29(4,5)24-25(31)18(3)34-28(24)22-13-9-10-16-30-22/h7-17H,6H2,1-5H3/b23-15+. The average molecular weight is 469 g/mol. The first kappa shape index (κ1) is 22.5. The summed E-state index contributed by atoms with van der Waals surface area (Å²) in [5, 5.41) is 0. The minimum Gasteiger partial charge on any atom is -0.340 e. The van der Waals surface area contributed by atoms with Crippen LogP contribution in [-0.4, -0.2) is 22.6 Å². The van der Waals surface area contributed by atoms with Gasteiger partial charge in [-0.05, 0) is 44.6 Å². The minimum absolute atomic E-state index is 0.192.